The van der Waals surface area contributed by atoms with Gasteiger partial charge >= 0.3 is 0 Å². The van der Waals surface area contributed by atoms with Crippen molar-refractivity contribution in [1.82, 2.24) is 0 Å². The van der Waals surface area contributed by atoms with Gasteiger partial charge in [0.05, 0.1) is 6.21 Å². The third kappa shape index (κ3) is 5.08. The van der Waals surface area contributed by atoms with E-state index in [9.17, 15) is 0 Å². The predicted octanol–water partition coefficient (Wildman–Crippen LogP) is 3.89. The minimum Gasteiger partial charge on any atom is -0.377 e. The second-order valence-electron chi connectivity index (χ2n) is 4.80. The minimum atomic E-state index is 0.471. The summed E-state index contributed by atoms with van der Waals surface area (Å²) >= 11 is 1.48. The number of nitrogens with zero attached hydrogens (tertiary/aromatic N) is 2. The Morgan fingerprint density at radius 2 is 1.86 bits per heavy atom. The van der Waals surface area contributed by atoms with Crippen molar-refractivity contribution in [2.75, 3.05) is 0 Å². The molecule has 0 fully saturated rings. The Kier molecular flexibility index (Phi) is 5.58. The molecule has 0 heterocycles. The number of benzene rings is 2. The molecule has 21 heavy (non-hydrogen) atoms. The van der Waals surface area contributed by atoms with E-state index in [1.807, 2.05) is 24.3 Å². The molecule has 0 spiro atoms. The maximum atomic E-state index is 5.84. The van der Waals surface area contributed by atoms with Crippen molar-refractivity contribution in [3.8, 4) is 0 Å². The van der Waals surface area contributed by atoms with Gasteiger partial charge in [0, 0.05) is 5.75 Å². The molecule has 3 nitrogen and oxygen atoms in total. The highest BCUT2D eigenvalue weighted by Gasteiger charge is 1.96. The lowest BCUT2D eigenvalue weighted by Gasteiger charge is -2.00. The Balaban J connectivity index is 1.90. The Morgan fingerprint density at radius 3 is 2.57 bits per heavy atom. The monoisotopic (exact) mass is 297 g/mol. The van der Waals surface area contributed by atoms with Crippen LogP contribution in [0.3, 0.4) is 0 Å². The van der Waals surface area contributed by atoms with Crippen LogP contribution in [-0.4, -0.2) is 11.4 Å². The van der Waals surface area contributed by atoms with Crippen molar-refractivity contribution in [1.29, 1.82) is 0 Å². The molecule has 0 aliphatic carbocycles. The number of aryl methyl sites for hydroxylation is 2. The Bertz CT molecular complexity index is 648. The highest BCUT2D eigenvalue weighted by atomic mass is 32.2. The molecule has 0 aromatic heterocycles. The fraction of sp³-hybridized carbons (Fsp3) is 0.176. The molecule has 0 saturated carbocycles. The van der Waals surface area contributed by atoms with E-state index in [4.69, 9.17) is 5.73 Å². The second kappa shape index (κ2) is 7.64. The van der Waals surface area contributed by atoms with Gasteiger partial charge in [0.15, 0.2) is 5.17 Å². The lowest BCUT2D eigenvalue weighted by atomic mass is 10.1. The maximum Gasteiger partial charge on any atom is 0.180 e. The van der Waals surface area contributed by atoms with Gasteiger partial charge in [0.25, 0.3) is 0 Å². The molecule has 2 aromatic carbocycles. The molecule has 0 atom stereocenters. The topological polar surface area (TPSA) is 50.7 Å². The van der Waals surface area contributed by atoms with E-state index in [0.717, 1.165) is 11.3 Å². The van der Waals surface area contributed by atoms with E-state index in [-0.39, 0.29) is 0 Å². The first kappa shape index (κ1) is 15.3. The van der Waals surface area contributed by atoms with Crippen LogP contribution in [0, 0.1) is 13.8 Å². The average molecular weight is 297 g/mol. The summed E-state index contributed by atoms with van der Waals surface area (Å²) in [6, 6.07) is 16.4. The highest BCUT2D eigenvalue weighted by Crippen LogP contribution is 2.12. The first-order chi connectivity index (χ1) is 10.1. The third-order valence-electron chi connectivity index (χ3n) is 3.12. The van der Waals surface area contributed by atoms with Crippen LogP contribution in [0.5, 0.6) is 0 Å². The molecule has 0 aliphatic heterocycles. The molecule has 108 valence electrons. The summed E-state index contributed by atoms with van der Waals surface area (Å²) in [5.74, 6) is 0.801. The van der Waals surface area contributed by atoms with Gasteiger partial charge < -0.3 is 5.73 Å². The zero-order valence-corrected chi connectivity index (χ0v) is 13.1. The number of hydrogen-bond acceptors (Lipinski definition) is 3. The third-order valence-corrected chi connectivity index (χ3v) is 3.98. The summed E-state index contributed by atoms with van der Waals surface area (Å²) in [5.41, 5.74) is 10.6. The molecule has 0 aliphatic rings. The molecule has 0 saturated heterocycles. The quantitative estimate of drug-likeness (QED) is 0.529. The van der Waals surface area contributed by atoms with Crippen molar-refractivity contribution in [3.05, 3.63) is 70.8 Å². The summed E-state index contributed by atoms with van der Waals surface area (Å²) in [5, 5.41) is 8.53. The molecule has 2 aromatic rings. The zero-order chi connectivity index (χ0) is 15.1. The van der Waals surface area contributed by atoms with Gasteiger partial charge in [0.1, 0.15) is 0 Å². The van der Waals surface area contributed by atoms with E-state index in [1.54, 1.807) is 6.21 Å². The normalized spacial score (nSPS) is 12.0. The Labute approximate surface area is 130 Å². The van der Waals surface area contributed by atoms with Crippen LogP contribution in [0.15, 0.2) is 58.7 Å². The van der Waals surface area contributed by atoms with Gasteiger partial charge in [-0.05, 0) is 36.1 Å². The van der Waals surface area contributed by atoms with Crippen molar-refractivity contribution >= 4 is 23.1 Å². The SMILES string of the molecule is Cc1ccc(C=NN=C(N)SCc2ccccc2)cc1C. The van der Waals surface area contributed by atoms with E-state index >= 15 is 0 Å². The van der Waals surface area contributed by atoms with Crippen molar-refractivity contribution in [3.63, 3.8) is 0 Å². The smallest absolute Gasteiger partial charge is 0.180 e. The summed E-state index contributed by atoms with van der Waals surface area (Å²) in [6.45, 7) is 4.17. The average Bonchev–Trinajstić information content (AvgIpc) is 2.50. The van der Waals surface area contributed by atoms with Gasteiger partial charge in [-0.25, -0.2) is 0 Å². The van der Waals surface area contributed by atoms with E-state index < -0.39 is 0 Å². The van der Waals surface area contributed by atoms with E-state index in [1.165, 1.54) is 28.5 Å². The molecule has 2 N–H and O–H groups in total. The summed E-state index contributed by atoms with van der Waals surface area (Å²) in [7, 11) is 0. The van der Waals surface area contributed by atoms with Gasteiger partial charge in [-0.2, -0.15) is 5.10 Å². The number of rotatable bonds is 4. The minimum absolute atomic E-state index is 0.471. The molecular weight excluding hydrogens is 278 g/mol. The lowest BCUT2D eigenvalue weighted by molar-refractivity contribution is 1.25. The number of thioether (sulfide) groups is 1. The molecule has 0 amide bonds. The fourth-order valence-corrected chi connectivity index (χ4v) is 2.37. The van der Waals surface area contributed by atoms with Crippen LogP contribution in [0.1, 0.15) is 22.3 Å². The van der Waals surface area contributed by atoms with Crippen molar-refractivity contribution in [2.45, 2.75) is 19.6 Å². The first-order valence-corrected chi connectivity index (χ1v) is 7.74. The molecule has 0 unspecified atom stereocenters. The first-order valence-electron chi connectivity index (χ1n) is 6.75. The summed E-state index contributed by atoms with van der Waals surface area (Å²) < 4.78 is 0. The highest BCUT2D eigenvalue weighted by molar-refractivity contribution is 8.13. The lowest BCUT2D eigenvalue weighted by Crippen LogP contribution is -2.06. The van der Waals surface area contributed by atoms with Gasteiger partial charge in [-0.15, -0.1) is 5.10 Å². The second-order valence-corrected chi connectivity index (χ2v) is 5.80. The Morgan fingerprint density at radius 1 is 1.10 bits per heavy atom. The maximum absolute atomic E-state index is 5.84. The Hall–Kier alpha value is -2.07. The van der Waals surface area contributed by atoms with Gasteiger partial charge in [-0.3, -0.25) is 0 Å². The van der Waals surface area contributed by atoms with Crippen molar-refractivity contribution in [2.24, 2.45) is 15.9 Å². The van der Waals surface area contributed by atoms with Crippen molar-refractivity contribution < 1.29 is 0 Å². The standard InChI is InChI=1S/C17H19N3S/c1-13-8-9-16(10-14(13)2)11-19-20-17(18)21-12-15-6-4-3-5-7-15/h3-11H,12H2,1-2H3,(H2,18,20). The molecule has 0 bridgehead atoms. The summed E-state index contributed by atoms with van der Waals surface area (Å²) in [4.78, 5) is 0. The van der Waals surface area contributed by atoms with Crippen LogP contribution in [0.25, 0.3) is 0 Å². The fourth-order valence-electron chi connectivity index (χ4n) is 1.76. The van der Waals surface area contributed by atoms with Crippen LogP contribution >= 0.6 is 11.8 Å². The number of amidine groups is 1. The number of hydrogen-bond donors (Lipinski definition) is 1. The number of nitrogens with two attached hydrogens (primary N) is 1. The van der Waals surface area contributed by atoms with Gasteiger partial charge in [0.2, 0.25) is 0 Å². The van der Waals surface area contributed by atoms with Gasteiger partial charge in [-0.1, -0.05) is 60.3 Å². The molecular formula is C17H19N3S. The van der Waals surface area contributed by atoms with E-state index in [0.29, 0.717) is 5.17 Å². The van der Waals surface area contributed by atoms with Crippen LogP contribution in [-0.2, 0) is 5.75 Å². The molecule has 2 rings (SSSR count). The van der Waals surface area contributed by atoms with Crippen LogP contribution in [0.2, 0.25) is 0 Å². The zero-order valence-electron chi connectivity index (χ0n) is 12.3. The van der Waals surface area contributed by atoms with Crippen LogP contribution < -0.4 is 5.73 Å². The predicted molar refractivity (Wildman–Crippen MR) is 92.9 cm³/mol. The van der Waals surface area contributed by atoms with E-state index in [2.05, 4.69) is 48.3 Å². The molecule has 0 radical (unpaired) electrons. The largest absolute Gasteiger partial charge is 0.377 e. The summed E-state index contributed by atoms with van der Waals surface area (Å²) in [6.07, 6.45) is 1.72. The molecule has 4 heteroatoms. The van der Waals surface area contributed by atoms with Crippen LogP contribution in [0.4, 0.5) is 0 Å².